The van der Waals surface area contributed by atoms with Crippen molar-refractivity contribution in [2.45, 2.75) is 45.1 Å². The molecule has 8 heteroatoms. The minimum atomic E-state index is -0.993. The van der Waals surface area contributed by atoms with Crippen LogP contribution in [0.2, 0.25) is 0 Å². The topological polar surface area (TPSA) is 45.5 Å². The second-order valence-electron chi connectivity index (χ2n) is 6.91. The van der Waals surface area contributed by atoms with Crippen molar-refractivity contribution in [2.24, 2.45) is 7.05 Å². The van der Waals surface area contributed by atoms with Gasteiger partial charge in [0.1, 0.15) is 12.4 Å². The van der Waals surface area contributed by atoms with Crippen LogP contribution in [0.5, 0.6) is 5.75 Å². The number of hydrogen-bond acceptors (Lipinski definition) is 4. The Morgan fingerprint density at radius 3 is 2.68 bits per heavy atom. The van der Waals surface area contributed by atoms with Crippen LogP contribution in [0.1, 0.15) is 43.1 Å². The zero-order chi connectivity index (χ0) is 20.3. The quantitative estimate of drug-likeness (QED) is 0.308. The Kier molecular flexibility index (Phi) is 6.73. The Bertz CT molecular complexity index is 837. The summed E-state index contributed by atoms with van der Waals surface area (Å²) in [5, 5.41) is 4.70. The van der Waals surface area contributed by atoms with E-state index in [0.717, 1.165) is 42.3 Å². The molecule has 1 fully saturated rings. The van der Waals surface area contributed by atoms with Crippen LogP contribution < -0.4 is 4.74 Å². The zero-order valence-electron chi connectivity index (χ0n) is 16.4. The molecule has 1 heterocycles. The zero-order valence-corrected chi connectivity index (χ0v) is 17.9. The molecule has 0 saturated heterocycles. The third kappa shape index (κ3) is 4.09. The van der Waals surface area contributed by atoms with Crippen LogP contribution in [0.15, 0.2) is 16.6 Å². The Morgan fingerprint density at radius 2 is 2.04 bits per heavy atom. The standard InChI is InChI=1S/C20H25BrF2N2O3/c1-4-26-12-28-20(9-5-10-20)19-14(13(2)25(3)24-19)8-11-27-18-15(21)6-7-16(22)17(18)23/h6-7H,4-5,8-12H2,1-3H3. The Labute approximate surface area is 172 Å². The fraction of sp³-hybridized carbons (Fsp3) is 0.550. The van der Waals surface area contributed by atoms with Crippen molar-refractivity contribution in [1.29, 1.82) is 0 Å². The Hall–Kier alpha value is -1.51. The summed E-state index contributed by atoms with van der Waals surface area (Å²) in [5.41, 5.74) is 2.47. The van der Waals surface area contributed by atoms with Crippen LogP contribution in [-0.2, 0) is 28.5 Å². The second kappa shape index (κ2) is 8.88. The monoisotopic (exact) mass is 458 g/mol. The number of halogens is 3. The molecule has 5 nitrogen and oxygen atoms in total. The summed E-state index contributed by atoms with van der Waals surface area (Å²) in [7, 11) is 1.89. The summed E-state index contributed by atoms with van der Waals surface area (Å²) >= 11 is 3.21. The van der Waals surface area contributed by atoms with Gasteiger partial charge in [-0.1, -0.05) is 0 Å². The van der Waals surface area contributed by atoms with Crippen LogP contribution in [0, 0.1) is 18.6 Å². The van der Waals surface area contributed by atoms with Gasteiger partial charge < -0.3 is 14.2 Å². The van der Waals surface area contributed by atoms with E-state index in [9.17, 15) is 8.78 Å². The highest BCUT2D eigenvalue weighted by atomic mass is 79.9. The lowest BCUT2D eigenvalue weighted by molar-refractivity contribution is -0.180. The molecule has 2 aromatic rings. The fourth-order valence-corrected chi connectivity index (χ4v) is 3.82. The minimum absolute atomic E-state index is 0.117. The first-order valence-corrected chi connectivity index (χ1v) is 10.2. The molecule has 154 valence electrons. The Balaban J connectivity index is 1.77. The van der Waals surface area contributed by atoms with Gasteiger partial charge in [0.05, 0.1) is 16.8 Å². The average Bonchev–Trinajstić information content (AvgIpc) is 2.92. The third-order valence-electron chi connectivity index (χ3n) is 5.27. The van der Waals surface area contributed by atoms with E-state index < -0.39 is 17.2 Å². The second-order valence-corrected chi connectivity index (χ2v) is 7.76. The molecule has 0 unspecified atom stereocenters. The van der Waals surface area contributed by atoms with Gasteiger partial charge in [-0.05, 0) is 61.2 Å². The summed E-state index contributed by atoms with van der Waals surface area (Å²) in [5.74, 6) is -2.05. The first-order chi connectivity index (χ1) is 13.4. The van der Waals surface area contributed by atoms with Gasteiger partial charge in [-0.25, -0.2) is 4.39 Å². The molecule has 1 aliphatic carbocycles. The van der Waals surface area contributed by atoms with E-state index in [4.69, 9.17) is 19.3 Å². The molecule has 0 amide bonds. The Morgan fingerprint density at radius 1 is 1.29 bits per heavy atom. The number of benzene rings is 1. The molecule has 1 aromatic carbocycles. The van der Waals surface area contributed by atoms with Crippen molar-refractivity contribution in [2.75, 3.05) is 20.0 Å². The lowest BCUT2D eigenvalue weighted by Crippen LogP contribution is -2.39. The minimum Gasteiger partial charge on any atom is -0.489 e. The van der Waals surface area contributed by atoms with E-state index in [1.54, 1.807) is 0 Å². The van der Waals surface area contributed by atoms with E-state index in [-0.39, 0.29) is 19.1 Å². The molecule has 0 aliphatic heterocycles. The van der Waals surface area contributed by atoms with Gasteiger partial charge in [0.25, 0.3) is 0 Å². The molecular formula is C20H25BrF2N2O3. The molecule has 1 aliphatic rings. The number of rotatable bonds is 9. The summed E-state index contributed by atoms with van der Waals surface area (Å²) in [4.78, 5) is 0. The summed E-state index contributed by atoms with van der Waals surface area (Å²) in [6.45, 7) is 4.92. The molecule has 0 spiro atoms. The van der Waals surface area contributed by atoms with Gasteiger partial charge in [0.15, 0.2) is 11.6 Å². The molecule has 28 heavy (non-hydrogen) atoms. The maximum atomic E-state index is 14.0. The van der Waals surface area contributed by atoms with Crippen molar-refractivity contribution in [3.05, 3.63) is 45.2 Å². The van der Waals surface area contributed by atoms with Crippen molar-refractivity contribution in [3.8, 4) is 5.75 Å². The highest BCUT2D eigenvalue weighted by Crippen LogP contribution is 2.46. The SMILES string of the molecule is CCOCOC1(c2nn(C)c(C)c2CCOc2c(Br)ccc(F)c2F)CCC1. The van der Waals surface area contributed by atoms with E-state index in [1.807, 2.05) is 25.6 Å². The lowest BCUT2D eigenvalue weighted by atomic mass is 9.75. The van der Waals surface area contributed by atoms with Crippen LogP contribution >= 0.6 is 15.9 Å². The molecule has 1 aromatic heterocycles. The highest BCUT2D eigenvalue weighted by molar-refractivity contribution is 9.10. The van der Waals surface area contributed by atoms with Crippen LogP contribution in [0.4, 0.5) is 8.78 Å². The number of nitrogens with zero attached hydrogens (tertiary/aromatic N) is 2. The summed E-state index contributed by atoms with van der Waals surface area (Å²) in [6.07, 6.45) is 3.35. The van der Waals surface area contributed by atoms with Gasteiger partial charge in [0.2, 0.25) is 5.82 Å². The maximum Gasteiger partial charge on any atom is 0.201 e. The van der Waals surface area contributed by atoms with Crippen LogP contribution in [-0.4, -0.2) is 29.8 Å². The average molecular weight is 459 g/mol. The number of aryl methyl sites for hydroxylation is 1. The largest absolute Gasteiger partial charge is 0.489 e. The third-order valence-corrected chi connectivity index (χ3v) is 5.90. The molecule has 0 N–H and O–H groups in total. The molecule has 3 rings (SSSR count). The lowest BCUT2D eigenvalue weighted by Gasteiger charge is -2.40. The van der Waals surface area contributed by atoms with Gasteiger partial charge in [-0.3, -0.25) is 4.68 Å². The fourth-order valence-electron chi connectivity index (χ4n) is 3.40. The summed E-state index contributed by atoms with van der Waals surface area (Å²) < 4.78 is 46.7. The van der Waals surface area contributed by atoms with Crippen molar-refractivity contribution in [1.82, 2.24) is 9.78 Å². The van der Waals surface area contributed by atoms with Crippen molar-refractivity contribution < 1.29 is 23.0 Å². The smallest absolute Gasteiger partial charge is 0.201 e. The van der Waals surface area contributed by atoms with Gasteiger partial charge in [0, 0.05) is 31.3 Å². The number of ether oxygens (including phenoxy) is 3. The number of aromatic nitrogens is 2. The van der Waals surface area contributed by atoms with E-state index in [0.29, 0.717) is 17.5 Å². The van der Waals surface area contributed by atoms with Gasteiger partial charge in [-0.15, -0.1) is 0 Å². The highest BCUT2D eigenvalue weighted by Gasteiger charge is 2.44. The normalized spacial score (nSPS) is 15.5. The van der Waals surface area contributed by atoms with Crippen LogP contribution in [0.3, 0.4) is 0 Å². The van der Waals surface area contributed by atoms with E-state index in [2.05, 4.69) is 15.9 Å². The van der Waals surface area contributed by atoms with Gasteiger partial charge >= 0.3 is 0 Å². The summed E-state index contributed by atoms with van der Waals surface area (Å²) in [6, 6.07) is 2.49. The van der Waals surface area contributed by atoms with Crippen LogP contribution in [0.25, 0.3) is 0 Å². The van der Waals surface area contributed by atoms with E-state index >= 15 is 0 Å². The maximum absolute atomic E-state index is 14.0. The molecule has 0 bridgehead atoms. The van der Waals surface area contributed by atoms with E-state index in [1.165, 1.54) is 6.07 Å². The molecule has 1 saturated carbocycles. The van der Waals surface area contributed by atoms with Crippen molar-refractivity contribution >= 4 is 15.9 Å². The van der Waals surface area contributed by atoms with Gasteiger partial charge in [-0.2, -0.15) is 9.49 Å². The molecule has 0 radical (unpaired) electrons. The predicted octanol–water partition coefficient (Wildman–Crippen LogP) is 4.78. The molecule has 0 atom stereocenters. The molecular weight excluding hydrogens is 434 g/mol. The first-order valence-electron chi connectivity index (χ1n) is 9.40. The number of hydrogen-bond donors (Lipinski definition) is 0. The predicted molar refractivity (Wildman–Crippen MR) is 104 cm³/mol. The van der Waals surface area contributed by atoms with Crippen molar-refractivity contribution in [3.63, 3.8) is 0 Å². The first kappa shape index (κ1) is 21.2.